The van der Waals surface area contributed by atoms with E-state index < -0.39 is 6.09 Å². The molecule has 1 aromatic carbocycles. The molecular formula is C30H37N3O4S. The monoisotopic (exact) mass is 535 g/mol. The second-order valence-corrected chi connectivity index (χ2v) is 12.1. The number of Topliss-reactive ketones (excluding diaryl/α,β-unsaturated/α-hetero) is 1. The Morgan fingerprint density at radius 1 is 1.05 bits per heavy atom. The van der Waals surface area contributed by atoms with E-state index >= 15 is 0 Å². The minimum atomic E-state index is -0.508. The van der Waals surface area contributed by atoms with E-state index in [1.165, 1.54) is 17.7 Å². The third-order valence-electron chi connectivity index (χ3n) is 7.58. The van der Waals surface area contributed by atoms with Crippen LogP contribution in [0.3, 0.4) is 0 Å². The quantitative estimate of drug-likeness (QED) is 0.302. The number of thiophene rings is 1. The van der Waals surface area contributed by atoms with Crippen LogP contribution in [0.15, 0.2) is 29.3 Å². The summed E-state index contributed by atoms with van der Waals surface area (Å²) in [4.78, 5) is 45.3. The van der Waals surface area contributed by atoms with Crippen molar-refractivity contribution >= 4 is 40.6 Å². The van der Waals surface area contributed by atoms with Crippen molar-refractivity contribution in [2.24, 2.45) is 22.7 Å². The second-order valence-electron chi connectivity index (χ2n) is 10.9. The normalized spacial score (nSPS) is 19.0. The Labute approximate surface area is 228 Å². The molecule has 2 N–H and O–H groups in total. The lowest BCUT2D eigenvalue weighted by atomic mass is 9.83. The topological polar surface area (TPSA) is 96.9 Å². The van der Waals surface area contributed by atoms with Crippen molar-refractivity contribution in [1.29, 1.82) is 0 Å². The van der Waals surface area contributed by atoms with Gasteiger partial charge in [0.1, 0.15) is 11.6 Å². The Bertz CT molecular complexity index is 1220. The van der Waals surface area contributed by atoms with Gasteiger partial charge in [0, 0.05) is 35.1 Å². The number of hydrogen-bond acceptors (Lipinski definition) is 6. The van der Waals surface area contributed by atoms with E-state index in [4.69, 9.17) is 9.73 Å². The van der Waals surface area contributed by atoms with E-state index in [-0.39, 0.29) is 30.1 Å². The number of benzene rings is 1. The van der Waals surface area contributed by atoms with Crippen LogP contribution in [0, 0.1) is 24.7 Å². The fraction of sp³-hybridized carbons (Fsp3) is 0.533. The number of ketones is 1. The number of hydrogen-bond donors (Lipinski definition) is 2. The van der Waals surface area contributed by atoms with Crippen molar-refractivity contribution in [2.75, 3.05) is 13.2 Å². The van der Waals surface area contributed by atoms with Gasteiger partial charge in [-0.05, 0) is 88.3 Å². The molecule has 1 unspecified atom stereocenters. The Hall–Kier alpha value is -3.00. The Balaban J connectivity index is 1.36. The summed E-state index contributed by atoms with van der Waals surface area (Å²) >= 11 is 1.65. The molecular weight excluding hydrogens is 498 g/mol. The van der Waals surface area contributed by atoms with E-state index in [2.05, 4.69) is 10.6 Å². The molecule has 1 atom stereocenters. The standard InChI is InChI=1S/C30H37N3O4S/c1-3-37-30(36)33-27(32-22-11-4-18(2)5-12-22)15-20-8-13-25-23(14-20)28(29(35)31-17-19-6-7-19)26(38-25)16-24(34)21-9-10-21/h4-5,11-12,19-21H,3,6-10,13-17H2,1-2H3,(H,31,35)(H,32,33,36). The van der Waals surface area contributed by atoms with Crippen molar-refractivity contribution in [1.82, 2.24) is 10.6 Å². The number of amides is 2. The second kappa shape index (κ2) is 11.8. The van der Waals surface area contributed by atoms with Gasteiger partial charge >= 0.3 is 6.09 Å². The van der Waals surface area contributed by atoms with Gasteiger partial charge < -0.3 is 10.1 Å². The van der Waals surface area contributed by atoms with Crippen LogP contribution in [-0.2, 0) is 28.8 Å². The number of alkyl carbamates (subject to hydrolysis) is 1. The minimum absolute atomic E-state index is 0.0353. The lowest BCUT2D eigenvalue weighted by Gasteiger charge is -2.24. The molecule has 0 spiro atoms. The van der Waals surface area contributed by atoms with E-state index in [1.54, 1.807) is 18.3 Å². The van der Waals surface area contributed by atoms with Gasteiger partial charge in [-0.25, -0.2) is 9.79 Å². The van der Waals surface area contributed by atoms with Crippen LogP contribution in [0.25, 0.3) is 0 Å². The van der Waals surface area contributed by atoms with Gasteiger partial charge in [-0.2, -0.15) is 0 Å². The molecule has 3 aliphatic rings. The molecule has 1 heterocycles. The van der Waals surface area contributed by atoms with Crippen LogP contribution in [0.2, 0.25) is 0 Å². The number of rotatable bonds is 10. The SMILES string of the molecule is CCOC(=O)NC(CC1CCc2sc(CC(=O)C3CC3)c(C(=O)NCC3CC3)c2C1)=Nc1ccc(C)cc1. The summed E-state index contributed by atoms with van der Waals surface area (Å²) in [6, 6.07) is 7.86. The number of amidine groups is 1. The molecule has 0 aliphatic heterocycles. The summed E-state index contributed by atoms with van der Waals surface area (Å²) in [7, 11) is 0. The average molecular weight is 536 g/mol. The van der Waals surface area contributed by atoms with Crippen molar-refractivity contribution < 1.29 is 19.1 Å². The molecule has 7 nitrogen and oxygen atoms in total. The molecule has 8 heteroatoms. The first-order chi connectivity index (χ1) is 18.4. The van der Waals surface area contributed by atoms with Gasteiger partial charge in [-0.15, -0.1) is 11.3 Å². The average Bonchev–Trinajstić information content (AvgIpc) is 3.81. The van der Waals surface area contributed by atoms with Crippen molar-refractivity contribution in [3.63, 3.8) is 0 Å². The molecule has 5 rings (SSSR count). The lowest BCUT2D eigenvalue weighted by Crippen LogP contribution is -2.33. The molecule has 0 saturated heterocycles. The Morgan fingerprint density at radius 2 is 1.82 bits per heavy atom. The number of nitrogens with one attached hydrogen (secondary N) is 2. The van der Waals surface area contributed by atoms with Crippen molar-refractivity contribution in [3.8, 4) is 0 Å². The number of aryl methyl sites for hydroxylation is 2. The third kappa shape index (κ3) is 6.90. The number of aliphatic imine (C=N–C) groups is 1. The van der Waals surface area contributed by atoms with Crippen molar-refractivity contribution in [3.05, 3.63) is 50.7 Å². The summed E-state index contributed by atoms with van der Waals surface area (Å²) in [6.45, 7) is 4.79. The molecule has 2 fully saturated rings. The predicted molar refractivity (Wildman–Crippen MR) is 149 cm³/mol. The fourth-order valence-electron chi connectivity index (χ4n) is 5.09. The largest absolute Gasteiger partial charge is 0.450 e. The highest BCUT2D eigenvalue weighted by molar-refractivity contribution is 7.12. The zero-order valence-electron chi connectivity index (χ0n) is 22.3. The number of ether oxygens (including phenoxy) is 1. The summed E-state index contributed by atoms with van der Waals surface area (Å²) in [6.07, 6.45) is 7.26. The molecule has 202 valence electrons. The molecule has 2 aromatic rings. The molecule has 1 aromatic heterocycles. The predicted octanol–water partition coefficient (Wildman–Crippen LogP) is 5.69. The van der Waals surface area contributed by atoms with Gasteiger partial charge in [0.25, 0.3) is 5.91 Å². The maximum atomic E-state index is 13.4. The van der Waals surface area contributed by atoms with Crippen LogP contribution in [0.1, 0.15) is 76.7 Å². The summed E-state index contributed by atoms with van der Waals surface area (Å²) in [5.41, 5.74) is 3.74. The summed E-state index contributed by atoms with van der Waals surface area (Å²) in [5.74, 6) is 1.78. The van der Waals surface area contributed by atoms with Crippen LogP contribution in [0.4, 0.5) is 10.5 Å². The summed E-state index contributed by atoms with van der Waals surface area (Å²) < 4.78 is 5.13. The van der Waals surface area contributed by atoms with E-state index in [9.17, 15) is 14.4 Å². The highest BCUT2D eigenvalue weighted by atomic mass is 32.1. The van der Waals surface area contributed by atoms with E-state index in [1.807, 2.05) is 31.2 Å². The highest BCUT2D eigenvalue weighted by Gasteiger charge is 2.34. The summed E-state index contributed by atoms with van der Waals surface area (Å²) in [5, 5.41) is 6.00. The fourth-order valence-corrected chi connectivity index (χ4v) is 6.45. The van der Waals surface area contributed by atoms with E-state index in [0.717, 1.165) is 59.4 Å². The smallest absolute Gasteiger partial charge is 0.412 e. The zero-order chi connectivity index (χ0) is 26.6. The number of fused-ring (bicyclic) bond motifs is 1. The van der Waals surface area contributed by atoms with Crippen LogP contribution in [-0.4, -0.2) is 36.8 Å². The van der Waals surface area contributed by atoms with Crippen LogP contribution >= 0.6 is 11.3 Å². The first-order valence-electron chi connectivity index (χ1n) is 13.9. The molecule has 0 bridgehead atoms. The van der Waals surface area contributed by atoms with Gasteiger partial charge in [0.15, 0.2) is 0 Å². The maximum absolute atomic E-state index is 13.4. The Morgan fingerprint density at radius 3 is 2.50 bits per heavy atom. The van der Waals surface area contributed by atoms with Crippen LogP contribution < -0.4 is 10.6 Å². The number of carbonyl (C=O) groups excluding carboxylic acids is 3. The third-order valence-corrected chi connectivity index (χ3v) is 8.87. The molecule has 38 heavy (non-hydrogen) atoms. The first kappa shape index (κ1) is 26.6. The van der Waals surface area contributed by atoms with Gasteiger partial charge in [-0.1, -0.05) is 17.7 Å². The molecule has 2 amide bonds. The molecule has 3 aliphatic carbocycles. The highest BCUT2D eigenvalue weighted by Crippen LogP contribution is 2.40. The van der Waals surface area contributed by atoms with Gasteiger partial charge in [0.2, 0.25) is 0 Å². The number of nitrogens with zero attached hydrogens (tertiary/aromatic N) is 1. The van der Waals surface area contributed by atoms with Crippen molar-refractivity contribution in [2.45, 2.75) is 71.6 Å². The van der Waals surface area contributed by atoms with Gasteiger partial charge in [0.05, 0.1) is 17.9 Å². The van der Waals surface area contributed by atoms with Gasteiger partial charge in [-0.3, -0.25) is 14.9 Å². The van der Waals surface area contributed by atoms with E-state index in [0.29, 0.717) is 31.1 Å². The molecule has 0 radical (unpaired) electrons. The molecule has 2 saturated carbocycles. The Kier molecular flexibility index (Phi) is 8.27. The van der Waals surface area contributed by atoms with Crippen LogP contribution in [0.5, 0.6) is 0 Å². The first-order valence-corrected chi connectivity index (χ1v) is 14.7. The zero-order valence-corrected chi connectivity index (χ0v) is 23.1. The number of carbonyl (C=O) groups is 3. The maximum Gasteiger partial charge on any atom is 0.412 e. The minimum Gasteiger partial charge on any atom is -0.450 e. The lowest BCUT2D eigenvalue weighted by molar-refractivity contribution is -0.119.